The van der Waals surface area contributed by atoms with E-state index in [1.807, 2.05) is 6.92 Å². The van der Waals surface area contributed by atoms with Gasteiger partial charge in [0.15, 0.2) is 9.84 Å². The molecule has 0 spiro atoms. The second kappa shape index (κ2) is 8.62. The number of benzene rings is 1. The minimum Gasteiger partial charge on any atom is -0.325 e. The molecule has 1 unspecified atom stereocenters. The van der Waals surface area contributed by atoms with E-state index in [1.165, 1.54) is 0 Å². The van der Waals surface area contributed by atoms with Crippen LogP contribution in [0.25, 0.3) is 0 Å². The highest BCUT2D eigenvalue weighted by Gasteiger charge is 2.27. The van der Waals surface area contributed by atoms with Gasteiger partial charge in [0.05, 0.1) is 17.0 Å². The quantitative estimate of drug-likeness (QED) is 0.789. The van der Waals surface area contributed by atoms with Crippen LogP contribution in [-0.4, -0.2) is 25.6 Å². The Hall–Kier alpha value is -1.40. The number of anilines is 1. The number of nitrogens with one attached hydrogen (secondary N) is 1. The van der Waals surface area contributed by atoms with Crippen LogP contribution in [-0.2, 0) is 20.4 Å². The Morgan fingerprint density at radius 2 is 2.00 bits per heavy atom. The van der Waals surface area contributed by atoms with Gasteiger partial charge in [-0.2, -0.15) is 0 Å². The molecule has 0 heterocycles. The summed E-state index contributed by atoms with van der Waals surface area (Å²) in [4.78, 5) is 12.0. The first-order valence-electron chi connectivity index (χ1n) is 8.79. The van der Waals surface area contributed by atoms with Crippen LogP contribution < -0.4 is 11.1 Å². The predicted octanol–water partition coefficient (Wildman–Crippen LogP) is 3.00. The lowest BCUT2D eigenvalue weighted by Gasteiger charge is -2.21. The lowest BCUT2D eigenvalue weighted by Crippen LogP contribution is -2.35. The number of carbonyl (C=O) groups is 1. The molecule has 1 aromatic rings. The molecule has 5 nitrogen and oxygen atoms in total. The maximum Gasteiger partial charge on any atom is 0.241 e. The highest BCUT2D eigenvalue weighted by molar-refractivity contribution is 7.91. The van der Waals surface area contributed by atoms with E-state index in [9.17, 15) is 13.2 Å². The Bertz CT molecular complexity index is 652. The fraction of sp³-hybridized carbons (Fsp3) is 0.611. The lowest BCUT2D eigenvalue weighted by atomic mass is 10.0. The van der Waals surface area contributed by atoms with Crippen LogP contribution in [0.1, 0.15) is 57.4 Å². The van der Waals surface area contributed by atoms with E-state index in [0.717, 1.165) is 38.5 Å². The maximum absolute atomic E-state index is 12.6. The molecule has 134 valence electrons. The maximum atomic E-state index is 12.6. The summed E-state index contributed by atoms with van der Waals surface area (Å²) in [6, 6.07) is 6.52. The van der Waals surface area contributed by atoms with Gasteiger partial charge < -0.3 is 11.1 Å². The highest BCUT2D eigenvalue weighted by Crippen LogP contribution is 2.26. The molecular weight excluding hydrogens is 324 g/mol. The summed E-state index contributed by atoms with van der Waals surface area (Å²) < 4.78 is 25.1. The third-order valence-corrected chi connectivity index (χ3v) is 6.78. The summed E-state index contributed by atoms with van der Waals surface area (Å²) in [5.74, 6) is -0.202. The molecule has 0 aliphatic heterocycles. The third-order valence-electron chi connectivity index (χ3n) is 4.56. The molecule has 1 atom stereocenters. The topological polar surface area (TPSA) is 89.3 Å². The fourth-order valence-corrected chi connectivity index (χ4v) is 5.12. The molecule has 1 amide bonds. The van der Waals surface area contributed by atoms with E-state index in [2.05, 4.69) is 5.32 Å². The molecule has 2 rings (SSSR count). The Balaban J connectivity index is 2.03. The van der Waals surface area contributed by atoms with E-state index < -0.39 is 15.9 Å². The molecule has 1 saturated carbocycles. The SMILES string of the molecule is CCCC(N)C(=O)Nc1cccc(CS(=O)(=O)C2CCCCC2)c1. The van der Waals surface area contributed by atoms with Crippen molar-refractivity contribution >= 4 is 21.4 Å². The zero-order valence-corrected chi connectivity index (χ0v) is 15.1. The van der Waals surface area contributed by atoms with Crippen LogP contribution in [0, 0.1) is 0 Å². The number of rotatable bonds is 7. The first kappa shape index (κ1) is 18.9. The molecule has 0 radical (unpaired) electrons. The number of hydrogen-bond donors (Lipinski definition) is 2. The molecule has 1 aromatic carbocycles. The van der Waals surface area contributed by atoms with Gasteiger partial charge in [0.25, 0.3) is 0 Å². The fourth-order valence-electron chi connectivity index (χ4n) is 3.19. The minimum absolute atomic E-state index is 0.0301. The first-order valence-corrected chi connectivity index (χ1v) is 10.5. The average Bonchev–Trinajstić information content (AvgIpc) is 2.56. The number of carbonyl (C=O) groups excluding carboxylic acids is 1. The second-order valence-electron chi connectivity index (χ2n) is 6.65. The van der Waals surface area contributed by atoms with Gasteiger partial charge in [0, 0.05) is 5.69 Å². The number of nitrogens with two attached hydrogens (primary N) is 1. The molecule has 24 heavy (non-hydrogen) atoms. The normalized spacial score (nSPS) is 17.4. The van der Waals surface area contributed by atoms with Crippen LogP contribution in [0.15, 0.2) is 24.3 Å². The van der Waals surface area contributed by atoms with Crippen LogP contribution in [0.2, 0.25) is 0 Å². The van der Waals surface area contributed by atoms with Crippen molar-refractivity contribution in [3.63, 3.8) is 0 Å². The van der Waals surface area contributed by atoms with Gasteiger partial charge >= 0.3 is 0 Å². The van der Waals surface area contributed by atoms with Crippen molar-refractivity contribution in [2.45, 2.75) is 68.9 Å². The van der Waals surface area contributed by atoms with Crippen molar-refractivity contribution in [2.24, 2.45) is 5.73 Å². The molecule has 0 saturated heterocycles. The Morgan fingerprint density at radius 3 is 2.67 bits per heavy atom. The summed E-state index contributed by atoms with van der Waals surface area (Å²) in [5.41, 5.74) is 7.12. The van der Waals surface area contributed by atoms with Crippen molar-refractivity contribution in [3.05, 3.63) is 29.8 Å². The van der Waals surface area contributed by atoms with Crippen molar-refractivity contribution in [2.75, 3.05) is 5.32 Å². The monoisotopic (exact) mass is 352 g/mol. The summed E-state index contributed by atoms with van der Waals surface area (Å²) in [7, 11) is -3.14. The molecule has 0 aromatic heterocycles. The highest BCUT2D eigenvalue weighted by atomic mass is 32.2. The van der Waals surface area contributed by atoms with Gasteiger partial charge in [-0.1, -0.05) is 44.7 Å². The third kappa shape index (κ3) is 5.31. The van der Waals surface area contributed by atoms with Crippen molar-refractivity contribution in [3.8, 4) is 0 Å². The van der Waals surface area contributed by atoms with Crippen molar-refractivity contribution < 1.29 is 13.2 Å². The Labute approximate surface area is 144 Å². The van der Waals surface area contributed by atoms with Crippen molar-refractivity contribution in [1.29, 1.82) is 0 Å². The standard InChI is InChI=1S/C18H28N2O3S/c1-2-7-17(19)18(21)20-15-9-6-8-14(12-15)13-24(22,23)16-10-4-3-5-11-16/h6,8-9,12,16-17H,2-5,7,10-11,13,19H2,1H3,(H,20,21). The zero-order valence-electron chi connectivity index (χ0n) is 14.3. The summed E-state index contributed by atoms with van der Waals surface area (Å²) in [5, 5.41) is 2.55. The molecule has 6 heteroatoms. The average molecular weight is 353 g/mol. The lowest BCUT2D eigenvalue weighted by molar-refractivity contribution is -0.117. The van der Waals surface area contributed by atoms with E-state index in [1.54, 1.807) is 24.3 Å². The molecule has 1 aliphatic carbocycles. The van der Waals surface area contributed by atoms with Gasteiger partial charge in [0.1, 0.15) is 0 Å². The van der Waals surface area contributed by atoms with Crippen LogP contribution >= 0.6 is 0 Å². The van der Waals surface area contributed by atoms with E-state index in [0.29, 0.717) is 17.7 Å². The van der Waals surface area contributed by atoms with Crippen LogP contribution in [0.5, 0.6) is 0 Å². The molecular formula is C18H28N2O3S. The molecule has 1 aliphatic rings. The van der Waals surface area contributed by atoms with E-state index >= 15 is 0 Å². The molecule has 0 bridgehead atoms. The van der Waals surface area contributed by atoms with Gasteiger partial charge in [-0.3, -0.25) is 4.79 Å². The predicted molar refractivity (Wildman–Crippen MR) is 97.5 cm³/mol. The van der Waals surface area contributed by atoms with Gasteiger partial charge in [0.2, 0.25) is 5.91 Å². The minimum atomic E-state index is -3.14. The Morgan fingerprint density at radius 1 is 1.29 bits per heavy atom. The summed E-state index contributed by atoms with van der Waals surface area (Å²) >= 11 is 0. The zero-order chi connectivity index (χ0) is 17.6. The number of amides is 1. The second-order valence-corrected chi connectivity index (χ2v) is 8.93. The van der Waals surface area contributed by atoms with E-state index in [4.69, 9.17) is 5.73 Å². The molecule has 3 N–H and O–H groups in total. The van der Waals surface area contributed by atoms with Crippen molar-refractivity contribution in [1.82, 2.24) is 0 Å². The van der Waals surface area contributed by atoms with Crippen LogP contribution in [0.3, 0.4) is 0 Å². The van der Waals surface area contributed by atoms with Crippen LogP contribution in [0.4, 0.5) is 5.69 Å². The number of hydrogen-bond acceptors (Lipinski definition) is 4. The van der Waals surface area contributed by atoms with E-state index in [-0.39, 0.29) is 16.9 Å². The smallest absolute Gasteiger partial charge is 0.241 e. The first-order chi connectivity index (χ1) is 11.4. The Kier molecular flexibility index (Phi) is 6.80. The summed E-state index contributed by atoms with van der Waals surface area (Å²) in [6.07, 6.45) is 6.13. The van der Waals surface area contributed by atoms with Gasteiger partial charge in [-0.05, 0) is 37.0 Å². The van der Waals surface area contributed by atoms with Gasteiger partial charge in [-0.15, -0.1) is 0 Å². The molecule has 1 fully saturated rings. The number of sulfone groups is 1. The largest absolute Gasteiger partial charge is 0.325 e. The van der Waals surface area contributed by atoms with Gasteiger partial charge in [-0.25, -0.2) is 8.42 Å². The summed E-state index contributed by atoms with van der Waals surface area (Å²) in [6.45, 7) is 1.98.